The molecule has 30 heavy (non-hydrogen) atoms. The van der Waals surface area contributed by atoms with Crippen molar-refractivity contribution in [1.29, 1.82) is 0 Å². The minimum Gasteiger partial charge on any atom is -0.545 e. The second-order valence-corrected chi connectivity index (χ2v) is 7.48. The van der Waals surface area contributed by atoms with Crippen LogP contribution in [0.15, 0.2) is 48.5 Å². The van der Waals surface area contributed by atoms with Gasteiger partial charge < -0.3 is 24.4 Å². The fraction of sp³-hybridized carbons (Fsp3) is 0.318. The number of para-hydroxylation sites is 2. The fourth-order valence-electron chi connectivity index (χ4n) is 4.24. The highest BCUT2D eigenvalue weighted by Crippen LogP contribution is 2.27. The molecule has 2 aromatic rings. The van der Waals surface area contributed by atoms with Gasteiger partial charge in [0.15, 0.2) is 6.04 Å². The minimum atomic E-state index is -1.30. The monoisotopic (exact) mass is 409 g/mol. The van der Waals surface area contributed by atoms with Gasteiger partial charge in [-0.1, -0.05) is 24.3 Å². The first kappa shape index (κ1) is 19.9. The number of aromatic carboxylic acids is 1. The fourth-order valence-corrected chi connectivity index (χ4v) is 4.24. The Bertz CT molecular complexity index is 967. The number of carbonyl (C=O) groups excluding carboxylic acids is 3. The van der Waals surface area contributed by atoms with E-state index in [9.17, 15) is 19.5 Å². The molecule has 2 aliphatic rings. The third-order valence-corrected chi connectivity index (χ3v) is 5.83. The number of carboxylic acids is 1. The lowest BCUT2D eigenvalue weighted by Crippen LogP contribution is -3.19. The number of nitrogens with one attached hydrogen (secondary N) is 1. The van der Waals surface area contributed by atoms with Crippen LogP contribution in [0.2, 0.25) is 0 Å². The first-order valence-electron chi connectivity index (χ1n) is 9.90. The predicted molar refractivity (Wildman–Crippen MR) is 108 cm³/mol. The van der Waals surface area contributed by atoms with Gasteiger partial charge in [0.25, 0.3) is 5.91 Å². The Morgan fingerprint density at radius 3 is 2.37 bits per heavy atom. The zero-order valence-electron chi connectivity index (χ0n) is 16.7. The van der Waals surface area contributed by atoms with Crippen LogP contribution in [-0.4, -0.2) is 57.1 Å². The predicted octanol–water partition coefficient (Wildman–Crippen LogP) is -0.904. The average Bonchev–Trinajstić information content (AvgIpc) is 3.07. The maximum absolute atomic E-state index is 13.0. The van der Waals surface area contributed by atoms with Crippen LogP contribution < -0.4 is 24.5 Å². The number of ether oxygens (including phenoxy) is 1. The number of quaternary nitrogens is 1. The molecule has 2 amide bonds. The Hall–Kier alpha value is -3.39. The van der Waals surface area contributed by atoms with Crippen molar-refractivity contribution in [3.8, 4) is 5.75 Å². The van der Waals surface area contributed by atoms with Crippen LogP contribution in [-0.2, 0) is 9.59 Å². The van der Waals surface area contributed by atoms with Crippen LogP contribution in [0.5, 0.6) is 5.75 Å². The molecule has 156 valence electrons. The second kappa shape index (κ2) is 8.16. The van der Waals surface area contributed by atoms with Crippen molar-refractivity contribution >= 4 is 29.2 Å². The number of rotatable bonds is 5. The maximum Gasteiger partial charge on any atom is 0.292 e. The topological polar surface area (TPSA) is 94.4 Å². The number of nitrogens with zero attached hydrogens (tertiary/aromatic N) is 2. The van der Waals surface area contributed by atoms with E-state index in [-0.39, 0.29) is 23.8 Å². The van der Waals surface area contributed by atoms with Crippen LogP contribution in [0, 0.1) is 0 Å². The Labute approximate surface area is 174 Å². The molecule has 8 heteroatoms. The number of imide groups is 1. The van der Waals surface area contributed by atoms with E-state index in [0.29, 0.717) is 5.69 Å². The van der Waals surface area contributed by atoms with Crippen molar-refractivity contribution in [1.82, 2.24) is 0 Å². The molecule has 8 nitrogen and oxygen atoms in total. The summed E-state index contributed by atoms with van der Waals surface area (Å²) in [5, 5.41) is 10.9. The highest BCUT2D eigenvalue weighted by molar-refractivity contribution is 6.21. The molecule has 2 aliphatic heterocycles. The van der Waals surface area contributed by atoms with Gasteiger partial charge in [-0.25, -0.2) is 4.90 Å². The highest BCUT2D eigenvalue weighted by atomic mass is 16.5. The van der Waals surface area contributed by atoms with E-state index < -0.39 is 12.0 Å². The summed E-state index contributed by atoms with van der Waals surface area (Å²) < 4.78 is 5.45. The molecule has 2 fully saturated rings. The van der Waals surface area contributed by atoms with Crippen molar-refractivity contribution < 1.29 is 29.1 Å². The number of hydrogen-bond donors (Lipinski definition) is 1. The molecule has 2 saturated heterocycles. The molecule has 2 aromatic carbocycles. The third kappa shape index (κ3) is 3.61. The molecule has 0 unspecified atom stereocenters. The summed E-state index contributed by atoms with van der Waals surface area (Å²) in [6.07, 6.45) is 0.158. The quantitative estimate of drug-likeness (QED) is 0.643. The molecule has 0 radical (unpaired) electrons. The van der Waals surface area contributed by atoms with Crippen LogP contribution in [0.1, 0.15) is 16.8 Å². The number of carbonyl (C=O) groups is 3. The van der Waals surface area contributed by atoms with Gasteiger partial charge in [-0.05, 0) is 29.8 Å². The Balaban J connectivity index is 1.44. The number of amides is 2. The number of methoxy groups -OCH3 is 1. The lowest BCUT2D eigenvalue weighted by molar-refractivity contribution is -0.915. The average molecular weight is 409 g/mol. The van der Waals surface area contributed by atoms with Crippen molar-refractivity contribution in [3.63, 3.8) is 0 Å². The van der Waals surface area contributed by atoms with Gasteiger partial charge in [-0.15, -0.1) is 0 Å². The van der Waals surface area contributed by atoms with E-state index in [1.54, 1.807) is 7.11 Å². The van der Waals surface area contributed by atoms with Gasteiger partial charge in [0, 0.05) is 0 Å². The van der Waals surface area contributed by atoms with E-state index in [1.165, 1.54) is 29.2 Å². The number of anilines is 2. The molecule has 0 saturated carbocycles. The normalized spacial score (nSPS) is 20.0. The summed E-state index contributed by atoms with van der Waals surface area (Å²) in [5.74, 6) is -0.970. The van der Waals surface area contributed by atoms with Gasteiger partial charge in [0.05, 0.1) is 57.1 Å². The molecular weight excluding hydrogens is 386 g/mol. The molecule has 0 aliphatic carbocycles. The number of piperazine rings is 1. The molecular formula is C22H23N3O5. The van der Waals surface area contributed by atoms with Gasteiger partial charge >= 0.3 is 0 Å². The zero-order valence-corrected chi connectivity index (χ0v) is 16.7. The van der Waals surface area contributed by atoms with Crippen LogP contribution in [0.25, 0.3) is 0 Å². The van der Waals surface area contributed by atoms with E-state index in [1.807, 2.05) is 24.3 Å². The number of carboxylic acid groups (broad SMARTS) is 1. The summed E-state index contributed by atoms with van der Waals surface area (Å²) >= 11 is 0. The summed E-state index contributed by atoms with van der Waals surface area (Å²) in [6.45, 7) is 2.99. The molecule has 1 atom stereocenters. The highest BCUT2D eigenvalue weighted by Gasteiger charge is 2.46. The Kier molecular flexibility index (Phi) is 5.41. The first-order valence-corrected chi connectivity index (χ1v) is 9.90. The third-order valence-electron chi connectivity index (χ3n) is 5.83. The van der Waals surface area contributed by atoms with E-state index in [4.69, 9.17) is 4.74 Å². The van der Waals surface area contributed by atoms with Crippen LogP contribution in [0.4, 0.5) is 11.4 Å². The minimum absolute atomic E-state index is 0.00693. The maximum atomic E-state index is 13.0. The summed E-state index contributed by atoms with van der Waals surface area (Å²) in [6, 6.07) is 13.1. The number of benzene rings is 2. The zero-order chi connectivity index (χ0) is 21.3. The van der Waals surface area contributed by atoms with Gasteiger partial charge in [0.2, 0.25) is 5.91 Å². The van der Waals surface area contributed by atoms with Gasteiger partial charge in [-0.3, -0.25) is 9.59 Å². The molecule has 0 bridgehead atoms. The van der Waals surface area contributed by atoms with Crippen molar-refractivity contribution in [2.75, 3.05) is 43.1 Å². The number of hydrogen-bond acceptors (Lipinski definition) is 6. The summed E-state index contributed by atoms with van der Waals surface area (Å²) in [5.41, 5.74) is 1.43. The largest absolute Gasteiger partial charge is 0.545 e. The first-order chi connectivity index (χ1) is 14.5. The summed E-state index contributed by atoms with van der Waals surface area (Å²) in [7, 11) is 1.65. The van der Waals surface area contributed by atoms with E-state index in [2.05, 4.69) is 4.90 Å². The lowest BCUT2D eigenvalue weighted by atomic mass is 10.1. The molecule has 1 N–H and O–H groups in total. The standard InChI is InChI=1S/C22H23N3O5/c1-30-19-5-3-2-4-17(19)23-10-12-24(13-11-23)18-14-20(26)25(21(18)27)16-8-6-15(7-9-16)22(28)29/h2-9,18H,10-14H2,1H3,(H,28,29)/t18-/m0/s1. The van der Waals surface area contributed by atoms with Crippen molar-refractivity contribution in [3.05, 3.63) is 54.1 Å². The molecule has 0 spiro atoms. The van der Waals surface area contributed by atoms with Crippen LogP contribution in [0.3, 0.4) is 0 Å². The van der Waals surface area contributed by atoms with Crippen molar-refractivity contribution in [2.45, 2.75) is 12.5 Å². The second-order valence-electron chi connectivity index (χ2n) is 7.48. The van der Waals surface area contributed by atoms with Crippen LogP contribution >= 0.6 is 0 Å². The molecule has 0 aromatic heterocycles. The summed E-state index contributed by atoms with van der Waals surface area (Å²) in [4.78, 5) is 41.0. The van der Waals surface area contributed by atoms with E-state index in [0.717, 1.165) is 42.5 Å². The van der Waals surface area contributed by atoms with Gasteiger partial charge in [0.1, 0.15) is 5.75 Å². The lowest BCUT2D eigenvalue weighted by Gasteiger charge is -2.36. The molecule has 4 rings (SSSR count). The van der Waals surface area contributed by atoms with Crippen molar-refractivity contribution in [2.24, 2.45) is 0 Å². The van der Waals surface area contributed by atoms with E-state index >= 15 is 0 Å². The smallest absolute Gasteiger partial charge is 0.292 e. The van der Waals surface area contributed by atoms with Gasteiger partial charge in [-0.2, -0.15) is 0 Å². The Morgan fingerprint density at radius 1 is 1.07 bits per heavy atom. The molecule has 2 heterocycles. The SMILES string of the molecule is COc1ccccc1N1CC[NH+]([C@H]2CC(=O)N(c3ccc(C(=O)[O-])cc3)C2=O)CC1. The Morgan fingerprint density at radius 2 is 1.73 bits per heavy atom.